The summed E-state index contributed by atoms with van der Waals surface area (Å²) in [7, 11) is 0. The van der Waals surface area contributed by atoms with Gasteiger partial charge in [0.1, 0.15) is 0 Å². The lowest BCUT2D eigenvalue weighted by molar-refractivity contribution is -0.181. The Bertz CT molecular complexity index is 1350. The third-order valence-corrected chi connectivity index (χ3v) is 8.13. The molecule has 224 valence electrons. The topological polar surface area (TPSA) is 85.4 Å². The minimum atomic E-state index is -4.50. The van der Waals surface area contributed by atoms with Gasteiger partial charge in [-0.05, 0) is 49.2 Å². The van der Waals surface area contributed by atoms with Crippen molar-refractivity contribution in [2.24, 2.45) is 0 Å². The Morgan fingerprint density at radius 2 is 1.62 bits per heavy atom. The van der Waals surface area contributed by atoms with E-state index >= 15 is 0 Å². The first-order chi connectivity index (χ1) is 20.0. The van der Waals surface area contributed by atoms with E-state index in [4.69, 9.17) is 14.2 Å². The molecule has 3 aliphatic rings. The maximum Gasteiger partial charge on any atom is 0.416 e. The molecule has 3 aliphatic heterocycles. The molecule has 2 aromatic rings. The molecule has 0 saturated carbocycles. The molecule has 11 heteroatoms. The Kier molecular flexibility index (Phi) is 8.43. The van der Waals surface area contributed by atoms with Crippen molar-refractivity contribution in [2.45, 2.75) is 57.5 Å². The summed E-state index contributed by atoms with van der Waals surface area (Å²) in [5.41, 5.74) is 1.51. The number of amides is 2. The van der Waals surface area contributed by atoms with E-state index in [1.165, 1.54) is 17.0 Å². The molecule has 2 fully saturated rings. The van der Waals surface area contributed by atoms with Gasteiger partial charge in [-0.1, -0.05) is 24.3 Å². The number of carbonyl (C=O) groups is 3. The van der Waals surface area contributed by atoms with Crippen LogP contribution in [-0.4, -0.2) is 66.3 Å². The van der Waals surface area contributed by atoms with Crippen molar-refractivity contribution in [1.82, 2.24) is 9.80 Å². The summed E-state index contributed by atoms with van der Waals surface area (Å²) in [5.74, 6) is -2.29. The number of ether oxygens (including phenoxy) is 3. The molecule has 2 amide bonds. The van der Waals surface area contributed by atoms with Crippen LogP contribution in [0, 0.1) is 0 Å². The minimum absolute atomic E-state index is 0.0940. The molecule has 0 bridgehead atoms. The molecular weight excluding hydrogens is 553 g/mol. The highest BCUT2D eigenvalue weighted by Gasteiger charge is 2.41. The number of hydrogen-bond donors (Lipinski definition) is 0. The molecule has 0 aromatic heterocycles. The molecule has 1 spiro atoms. The second-order valence-corrected chi connectivity index (χ2v) is 10.7. The highest BCUT2D eigenvalue weighted by atomic mass is 19.4. The van der Waals surface area contributed by atoms with Gasteiger partial charge in [0.2, 0.25) is 5.91 Å². The number of nitrogens with zero attached hydrogens (tertiary/aromatic N) is 2. The van der Waals surface area contributed by atoms with Crippen LogP contribution >= 0.6 is 0 Å². The number of hydrogen-bond acceptors (Lipinski definition) is 6. The summed E-state index contributed by atoms with van der Waals surface area (Å²) >= 11 is 0. The SMILES string of the molecule is CCOC(=O)C1=C(C)N(Cc2ccc(C(=O)N3CCC4(CC3)OCCO4)cc2)C(=O)CC1c1ccc(C(F)(F)F)cc1. The fourth-order valence-corrected chi connectivity index (χ4v) is 5.82. The number of halogens is 3. The van der Waals surface area contributed by atoms with E-state index in [-0.39, 0.29) is 37.0 Å². The molecule has 2 aromatic carbocycles. The first-order valence-corrected chi connectivity index (χ1v) is 14.0. The Morgan fingerprint density at radius 1 is 1.00 bits per heavy atom. The van der Waals surface area contributed by atoms with Crippen LogP contribution in [0.1, 0.15) is 66.1 Å². The van der Waals surface area contributed by atoms with E-state index < -0.39 is 29.4 Å². The molecular formula is C31H33F3N2O6. The summed E-state index contributed by atoms with van der Waals surface area (Å²) in [6.45, 7) is 5.76. The van der Waals surface area contributed by atoms with Crippen molar-refractivity contribution in [3.63, 3.8) is 0 Å². The van der Waals surface area contributed by atoms with Crippen LogP contribution in [0.3, 0.4) is 0 Å². The molecule has 8 nitrogen and oxygen atoms in total. The fraction of sp³-hybridized carbons (Fsp3) is 0.452. The van der Waals surface area contributed by atoms with Gasteiger partial charge in [-0.3, -0.25) is 9.59 Å². The van der Waals surface area contributed by atoms with Crippen LogP contribution in [0.25, 0.3) is 0 Å². The van der Waals surface area contributed by atoms with Crippen LogP contribution < -0.4 is 0 Å². The molecule has 1 atom stereocenters. The number of rotatable bonds is 6. The molecule has 3 heterocycles. The average Bonchev–Trinajstić information content (AvgIpc) is 3.42. The van der Waals surface area contributed by atoms with Crippen LogP contribution in [0.5, 0.6) is 0 Å². The zero-order valence-electron chi connectivity index (χ0n) is 23.5. The first kappa shape index (κ1) is 29.8. The van der Waals surface area contributed by atoms with Crippen molar-refractivity contribution in [3.8, 4) is 0 Å². The Balaban J connectivity index is 1.32. The summed E-state index contributed by atoms with van der Waals surface area (Å²) in [6, 6.07) is 11.5. The van der Waals surface area contributed by atoms with E-state index in [1.807, 2.05) is 0 Å². The summed E-state index contributed by atoms with van der Waals surface area (Å²) in [5, 5.41) is 0. The van der Waals surface area contributed by atoms with E-state index in [9.17, 15) is 27.6 Å². The largest absolute Gasteiger partial charge is 0.463 e. The van der Waals surface area contributed by atoms with Gasteiger partial charge in [-0.2, -0.15) is 13.2 Å². The van der Waals surface area contributed by atoms with Crippen LogP contribution in [0.4, 0.5) is 13.2 Å². The van der Waals surface area contributed by atoms with Gasteiger partial charge in [0.25, 0.3) is 5.91 Å². The number of benzene rings is 2. The highest BCUT2D eigenvalue weighted by Crippen LogP contribution is 2.39. The molecule has 5 rings (SSSR count). The number of esters is 1. The molecule has 1 unspecified atom stereocenters. The monoisotopic (exact) mass is 586 g/mol. The lowest BCUT2D eigenvalue weighted by Gasteiger charge is -2.37. The predicted octanol–water partition coefficient (Wildman–Crippen LogP) is 5.04. The smallest absolute Gasteiger partial charge is 0.416 e. The second-order valence-electron chi connectivity index (χ2n) is 10.7. The van der Waals surface area contributed by atoms with E-state index in [0.29, 0.717) is 56.0 Å². The van der Waals surface area contributed by atoms with E-state index in [0.717, 1.165) is 17.7 Å². The number of likely N-dealkylation sites (tertiary alicyclic amines) is 1. The molecule has 0 radical (unpaired) electrons. The maximum absolute atomic E-state index is 13.3. The standard InChI is InChI=1S/C31H33F3N2O6/c1-3-40-29(39)27-20(2)36(26(37)18-25(27)22-8-10-24(11-9-22)31(32,33)34)19-21-4-6-23(7-5-21)28(38)35-14-12-30(13-15-35)41-16-17-42-30/h4-11,25H,3,12-19H2,1-2H3. The minimum Gasteiger partial charge on any atom is -0.463 e. The van der Waals surface area contributed by atoms with Crippen molar-refractivity contribution >= 4 is 17.8 Å². The van der Waals surface area contributed by atoms with Crippen molar-refractivity contribution < 1.29 is 41.8 Å². The molecule has 42 heavy (non-hydrogen) atoms. The van der Waals surface area contributed by atoms with Crippen LogP contribution in [0.2, 0.25) is 0 Å². The Morgan fingerprint density at radius 3 is 2.19 bits per heavy atom. The Hall–Kier alpha value is -3.70. The van der Waals surface area contributed by atoms with Gasteiger partial charge in [-0.15, -0.1) is 0 Å². The highest BCUT2D eigenvalue weighted by molar-refractivity contribution is 5.96. The predicted molar refractivity (Wildman–Crippen MR) is 145 cm³/mol. The Labute approximate surface area is 242 Å². The zero-order chi connectivity index (χ0) is 30.1. The van der Waals surface area contributed by atoms with Crippen LogP contribution in [-0.2, 0) is 36.5 Å². The second kappa shape index (κ2) is 11.9. The van der Waals surface area contributed by atoms with Gasteiger partial charge >= 0.3 is 12.1 Å². The van der Waals surface area contributed by atoms with Gasteiger partial charge in [-0.25, -0.2) is 4.79 Å². The number of alkyl halides is 3. The number of allylic oxidation sites excluding steroid dienone is 1. The van der Waals surface area contributed by atoms with Gasteiger partial charge in [0.15, 0.2) is 5.79 Å². The summed E-state index contributed by atoms with van der Waals surface area (Å²) in [4.78, 5) is 42.7. The quantitative estimate of drug-likeness (QED) is 0.441. The van der Waals surface area contributed by atoms with Gasteiger partial charge in [0, 0.05) is 49.5 Å². The average molecular weight is 587 g/mol. The third kappa shape index (κ3) is 6.07. The lowest BCUT2D eigenvalue weighted by atomic mass is 9.83. The van der Waals surface area contributed by atoms with Crippen LogP contribution in [0.15, 0.2) is 59.8 Å². The molecule has 0 N–H and O–H groups in total. The normalized spacial score (nSPS) is 20.8. The third-order valence-electron chi connectivity index (χ3n) is 8.13. The number of piperidine rings is 1. The number of carbonyl (C=O) groups excluding carboxylic acids is 3. The van der Waals surface area contributed by atoms with Crippen molar-refractivity contribution in [1.29, 1.82) is 0 Å². The molecule has 0 aliphatic carbocycles. The summed E-state index contributed by atoms with van der Waals surface area (Å²) < 4.78 is 56.0. The van der Waals surface area contributed by atoms with Gasteiger partial charge < -0.3 is 24.0 Å². The molecule has 2 saturated heterocycles. The van der Waals surface area contributed by atoms with E-state index in [1.54, 1.807) is 43.0 Å². The van der Waals surface area contributed by atoms with Gasteiger partial charge in [0.05, 0.1) is 37.5 Å². The zero-order valence-corrected chi connectivity index (χ0v) is 23.5. The first-order valence-electron chi connectivity index (χ1n) is 14.0. The van der Waals surface area contributed by atoms with Crippen molar-refractivity contribution in [3.05, 3.63) is 82.1 Å². The summed E-state index contributed by atoms with van der Waals surface area (Å²) in [6.07, 6.45) is -3.35. The fourth-order valence-electron chi connectivity index (χ4n) is 5.82. The van der Waals surface area contributed by atoms with Crippen molar-refractivity contribution in [2.75, 3.05) is 32.9 Å². The van der Waals surface area contributed by atoms with E-state index in [2.05, 4.69) is 0 Å². The lowest BCUT2D eigenvalue weighted by Crippen LogP contribution is -2.47. The maximum atomic E-state index is 13.3.